The van der Waals surface area contributed by atoms with Gasteiger partial charge >= 0.3 is 11.9 Å². The van der Waals surface area contributed by atoms with Crippen LogP contribution < -0.4 is 15.4 Å². The normalized spacial score (nSPS) is 25.8. The predicted octanol–water partition coefficient (Wildman–Crippen LogP) is 5.43. The molecule has 0 saturated carbocycles. The molecule has 0 radical (unpaired) electrons. The minimum absolute atomic E-state index is 0.0214. The number of nitrogens with one attached hydrogen (secondary N) is 2. The number of hydrogen-bond donors (Lipinski definition) is 2. The molecule has 0 unspecified atom stereocenters. The summed E-state index contributed by atoms with van der Waals surface area (Å²) in [7, 11) is 1.51. The van der Waals surface area contributed by atoms with Crippen molar-refractivity contribution in [3.63, 3.8) is 0 Å². The zero-order chi connectivity index (χ0) is 35.2. The molecule has 2 amide bonds. The average molecular weight is 683 g/mol. The maximum absolute atomic E-state index is 13.6. The fraction of sp³-hybridized carbons (Fsp3) is 0.514. The lowest BCUT2D eigenvalue weighted by molar-refractivity contribution is -0.179. The molecule has 1 saturated heterocycles. The highest BCUT2D eigenvalue weighted by Gasteiger charge is 2.48. The van der Waals surface area contributed by atoms with Crippen LogP contribution in [0, 0.1) is 24.2 Å². The van der Waals surface area contributed by atoms with Crippen molar-refractivity contribution in [3.8, 4) is 5.75 Å². The van der Waals surface area contributed by atoms with Gasteiger partial charge in [-0.1, -0.05) is 74.3 Å². The van der Waals surface area contributed by atoms with Gasteiger partial charge in [-0.3, -0.25) is 14.4 Å². The highest BCUT2D eigenvalue weighted by molar-refractivity contribution is 6.32. The van der Waals surface area contributed by atoms with Crippen LogP contribution in [0.25, 0.3) is 0 Å². The van der Waals surface area contributed by atoms with Gasteiger partial charge in [-0.25, -0.2) is 4.79 Å². The molecule has 48 heavy (non-hydrogen) atoms. The highest BCUT2D eigenvalue weighted by atomic mass is 35.5. The predicted molar refractivity (Wildman–Crippen MR) is 181 cm³/mol. The molecule has 0 aliphatic carbocycles. The molecule has 10 nitrogen and oxygen atoms in total. The molecule has 1 fully saturated rings. The van der Waals surface area contributed by atoms with E-state index in [2.05, 4.69) is 10.6 Å². The largest absolute Gasteiger partial charge is 0.495 e. The van der Waals surface area contributed by atoms with E-state index in [4.69, 9.17) is 30.5 Å². The van der Waals surface area contributed by atoms with Gasteiger partial charge in [-0.15, -0.1) is 0 Å². The van der Waals surface area contributed by atoms with Crippen molar-refractivity contribution < 1.29 is 38.1 Å². The lowest BCUT2D eigenvalue weighted by Crippen LogP contribution is -2.51. The molecule has 0 aromatic heterocycles. The van der Waals surface area contributed by atoms with E-state index in [1.165, 1.54) is 13.2 Å². The fourth-order valence-corrected chi connectivity index (χ4v) is 5.86. The van der Waals surface area contributed by atoms with Crippen LogP contribution in [0.5, 0.6) is 5.75 Å². The van der Waals surface area contributed by atoms with E-state index in [0.29, 0.717) is 16.3 Å². The smallest absolute Gasteiger partial charge is 0.347 e. The third kappa shape index (κ3) is 9.82. The van der Waals surface area contributed by atoms with Crippen molar-refractivity contribution in [1.82, 2.24) is 10.6 Å². The van der Waals surface area contributed by atoms with Gasteiger partial charge in [0, 0.05) is 25.3 Å². The summed E-state index contributed by atoms with van der Waals surface area (Å²) in [6.07, 6.45) is 1.33. The summed E-state index contributed by atoms with van der Waals surface area (Å²) in [5.41, 5.74) is 1.67. The SMILES string of the molecule is COc1ccc(C[C@H]2NC(=O)C=CC[C@@H]([C@H](C)[C@H]3O[C@@H]3c3ccc(C)cc3)OC(=O)[C@H](CC(C)C)OC(=O)C(C)(C)CNC2=O)cc1Cl. The number of epoxide rings is 1. The average Bonchev–Trinajstić information content (AvgIpc) is 3.83. The first kappa shape index (κ1) is 36.9. The number of aryl methyl sites for hydroxylation is 1. The molecule has 0 spiro atoms. The zero-order valence-corrected chi connectivity index (χ0v) is 29.5. The van der Waals surface area contributed by atoms with Gasteiger partial charge in [0.15, 0.2) is 6.10 Å². The van der Waals surface area contributed by atoms with E-state index in [1.54, 1.807) is 38.1 Å². The van der Waals surface area contributed by atoms with E-state index < -0.39 is 47.4 Å². The zero-order valence-electron chi connectivity index (χ0n) is 28.7. The van der Waals surface area contributed by atoms with Gasteiger partial charge < -0.3 is 29.6 Å². The summed E-state index contributed by atoms with van der Waals surface area (Å²) in [6, 6.07) is 12.2. The molecule has 2 N–H and O–H groups in total. The Morgan fingerprint density at radius 3 is 2.38 bits per heavy atom. The maximum Gasteiger partial charge on any atom is 0.347 e. The molecular formula is C37H47ClN2O8. The standard InChI is InChI=1S/C37H47ClN2O8/c1-21(2)17-30-35(43)46-28(23(4)32-33(48-32)25-14-11-22(3)12-15-25)9-8-10-31(41)40-27(19-24-13-16-29(45-7)26(38)18-24)34(42)39-20-37(5,6)36(44)47-30/h8,10-16,18,21,23,27-28,30,32-33H,9,17,19-20H2,1-7H3,(H,39,42)(H,40,41)/t23-,27+,28-,30-,32+,33+/m0/s1. The molecule has 2 heterocycles. The van der Waals surface area contributed by atoms with Crippen molar-refractivity contribution in [2.24, 2.45) is 17.3 Å². The van der Waals surface area contributed by atoms with Crippen LogP contribution >= 0.6 is 11.6 Å². The molecule has 2 aliphatic heterocycles. The van der Waals surface area contributed by atoms with Crippen LogP contribution in [0.1, 0.15) is 70.3 Å². The molecule has 260 valence electrons. The molecule has 2 aromatic carbocycles. The Hall–Kier alpha value is -3.89. The molecule has 4 rings (SSSR count). The lowest BCUT2D eigenvalue weighted by atomic mass is 9.92. The number of methoxy groups -OCH3 is 1. The fourth-order valence-electron chi connectivity index (χ4n) is 5.58. The number of halogens is 1. The molecule has 6 atom stereocenters. The van der Waals surface area contributed by atoms with E-state index in [9.17, 15) is 19.2 Å². The van der Waals surface area contributed by atoms with Crippen LogP contribution in [0.4, 0.5) is 0 Å². The number of hydrogen-bond acceptors (Lipinski definition) is 8. The molecule has 2 aromatic rings. The van der Waals surface area contributed by atoms with Gasteiger partial charge in [0.25, 0.3) is 0 Å². The van der Waals surface area contributed by atoms with E-state index in [-0.39, 0.29) is 49.9 Å². The second-order valence-electron chi connectivity index (χ2n) is 13.8. The van der Waals surface area contributed by atoms with Gasteiger partial charge in [-0.2, -0.15) is 0 Å². The number of carbonyl (C=O) groups excluding carboxylic acids is 4. The Morgan fingerprint density at radius 1 is 1.02 bits per heavy atom. The number of benzene rings is 2. The number of rotatable bonds is 8. The minimum atomic E-state index is -1.20. The van der Waals surface area contributed by atoms with Crippen molar-refractivity contribution in [3.05, 3.63) is 76.3 Å². The number of amides is 2. The number of ether oxygens (including phenoxy) is 4. The Kier molecular flexibility index (Phi) is 12.3. The Bertz CT molecular complexity index is 1510. The second-order valence-corrected chi connectivity index (χ2v) is 14.2. The highest BCUT2D eigenvalue weighted by Crippen LogP contribution is 2.45. The molecular weight excluding hydrogens is 636 g/mol. The van der Waals surface area contributed by atoms with Gasteiger partial charge in [0.05, 0.1) is 23.7 Å². The van der Waals surface area contributed by atoms with Gasteiger partial charge in [0.1, 0.15) is 24.0 Å². The molecule has 2 aliphatic rings. The Morgan fingerprint density at radius 2 is 1.73 bits per heavy atom. The number of esters is 2. The van der Waals surface area contributed by atoms with Crippen molar-refractivity contribution in [1.29, 1.82) is 0 Å². The van der Waals surface area contributed by atoms with Crippen LogP contribution in [-0.2, 0) is 39.8 Å². The lowest BCUT2D eigenvalue weighted by Gasteiger charge is -2.29. The van der Waals surface area contributed by atoms with E-state index in [0.717, 1.165) is 11.1 Å². The van der Waals surface area contributed by atoms with Crippen LogP contribution in [-0.4, -0.2) is 61.8 Å². The Balaban J connectivity index is 1.61. The monoisotopic (exact) mass is 682 g/mol. The third-order valence-electron chi connectivity index (χ3n) is 8.69. The van der Waals surface area contributed by atoms with Crippen molar-refractivity contribution in [2.45, 2.75) is 91.3 Å². The van der Waals surface area contributed by atoms with Gasteiger partial charge in [0.2, 0.25) is 11.8 Å². The van der Waals surface area contributed by atoms with Crippen molar-refractivity contribution >= 4 is 35.4 Å². The minimum Gasteiger partial charge on any atom is -0.495 e. The van der Waals surface area contributed by atoms with E-state index in [1.807, 2.05) is 52.0 Å². The van der Waals surface area contributed by atoms with Gasteiger partial charge in [-0.05, 0) is 62.4 Å². The van der Waals surface area contributed by atoms with E-state index >= 15 is 0 Å². The summed E-state index contributed by atoms with van der Waals surface area (Å²) < 4.78 is 23.1. The number of cyclic esters (lactones) is 2. The summed E-state index contributed by atoms with van der Waals surface area (Å²) in [4.78, 5) is 53.7. The van der Waals surface area contributed by atoms with Crippen LogP contribution in [0.2, 0.25) is 5.02 Å². The maximum atomic E-state index is 13.6. The van der Waals surface area contributed by atoms with Crippen LogP contribution in [0.15, 0.2) is 54.6 Å². The molecule has 0 bridgehead atoms. The number of carbonyl (C=O) groups is 4. The topological polar surface area (TPSA) is 133 Å². The first-order chi connectivity index (χ1) is 22.7. The quantitative estimate of drug-likeness (QED) is 0.278. The summed E-state index contributed by atoms with van der Waals surface area (Å²) in [5, 5.41) is 5.92. The van der Waals surface area contributed by atoms with Crippen molar-refractivity contribution in [2.75, 3.05) is 13.7 Å². The second kappa shape index (κ2) is 16.0. The molecule has 11 heteroatoms. The summed E-state index contributed by atoms with van der Waals surface area (Å²) >= 11 is 6.32. The van der Waals surface area contributed by atoms with Crippen LogP contribution in [0.3, 0.4) is 0 Å². The third-order valence-corrected chi connectivity index (χ3v) is 8.98. The Labute approximate surface area is 287 Å². The summed E-state index contributed by atoms with van der Waals surface area (Å²) in [6.45, 7) is 11.0. The first-order valence-electron chi connectivity index (χ1n) is 16.4. The summed E-state index contributed by atoms with van der Waals surface area (Å²) in [5.74, 6) is -2.06. The first-order valence-corrected chi connectivity index (χ1v) is 16.8.